The molecule has 0 aromatic heterocycles. The first-order valence-corrected chi connectivity index (χ1v) is 39.4. The zero-order valence-electron chi connectivity index (χ0n) is 59.4. The van der Waals surface area contributed by atoms with Crippen molar-refractivity contribution in [2.45, 2.75) is 367 Å². The zero-order valence-corrected chi connectivity index (χ0v) is 60.3. The van der Waals surface area contributed by atoms with E-state index in [1.54, 1.807) is 0 Å². The molecule has 0 fully saturated rings. The number of carbonyl (C=O) groups is 2. The number of amides is 1. The Labute approximate surface area is 552 Å². The van der Waals surface area contributed by atoms with Crippen LogP contribution >= 0.6 is 7.82 Å². The van der Waals surface area contributed by atoms with Gasteiger partial charge in [-0.25, -0.2) is 0 Å². The number of phosphoric ester groups is 1. The number of likely N-dealkylation sites (N-methyl/N-ethyl adjacent to an activating group) is 1. The molecule has 0 aliphatic heterocycles. The molecule has 0 heterocycles. The molecule has 0 aromatic rings. The standard InChI is InChI=1S/C79H145N2O7P/c1-7-10-13-16-19-22-25-27-29-31-33-35-37-39-40-42-43-45-47-49-51-53-56-59-62-65-68-71-78(82)80-76(75-87-89(84,85)86-74-73-81(4,5)6)77(70-67-64-61-58-55-24-21-18-15-12-9-3)88-79(83)72-69-66-63-60-57-54-52-50-48-46-44-41-38-36-34-32-30-28-26-23-20-17-14-11-8-2/h10,13,19,22,27-30,33,35,39-40,67,70,76-77H,7-9,11-12,14-18,20-21,23-26,31-32,34,36-38,41-66,68-69,71-75H2,1-6H3,(H-,80,82,84,85)/b13-10-,22-19-,29-27-,30-28+,35-33-,40-39-,70-67+. The number of carbonyl (C=O) groups excluding carboxylic acids is 2. The Bertz CT molecular complexity index is 1800. The summed E-state index contributed by atoms with van der Waals surface area (Å²) in [4.78, 5) is 40.2. The summed E-state index contributed by atoms with van der Waals surface area (Å²) in [6.07, 6.45) is 91.5. The van der Waals surface area contributed by atoms with Gasteiger partial charge < -0.3 is 28.5 Å². The Balaban J connectivity index is 4.93. The number of allylic oxidation sites excluding steroid dienone is 13. The fourth-order valence-electron chi connectivity index (χ4n) is 11.0. The largest absolute Gasteiger partial charge is 0.756 e. The van der Waals surface area contributed by atoms with Crippen LogP contribution in [0.5, 0.6) is 0 Å². The molecule has 0 radical (unpaired) electrons. The molecule has 0 spiro atoms. The topological polar surface area (TPSA) is 114 Å². The summed E-state index contributed by atoms with van der Waals surface area (Å²) in [7, 11) is 1.19. The third-order valence-corrected chi connectivity index (χ3v) is 17.8. The minimum atomic E-state index is -4.71. The number of unbranched alkanes of at least 4 members (excludes halogenated alkanes) is 41. The lowest BCUT2D eigenvalue weighted by Gasteiger charge is -2.30. The molecular weight excluding hydrogens is 1120 g/mol. The molecule has 3 unspecified atom stereocenters. The number of hydrogen-bond donors (Lipinski definition) is 1. The van der Waals surface area contributed by atoms with Gasteiger partial charge in [0.15, 0.2) is 0 Å². The Morgan fingerprint density at radius 1 is 0.404 bits per heavy atom. The van der Waals surface area contributed by atoms with E-state index in [2.05, 4.69) is 99.0 Å². The Morgan fingerprint density at radius 2 is 0.719 bits per heavy atom. The molecule has 1 N–H and O–H groups in total. The van der Waals surface area contributed by atoms with Crippen molar-refractivity contribution in [2.24, 2.45) is 0 Å². The van der Waals surface area contributed by atoms with Crippen molar-refractivity contribution in [3.63, 3.8) is 0 Å². The number of nitrogens with zero attached hydrogens (tertiary/aromatic N) is 1. The van der Waals surface area contributed by atoms with Crippen LogP contribution in [0.25, 0.3) is 0 Å². The summed E-state index contributed by atoms with van der Waals surface area (Å²) in [5.41, 5.74) is 0. The van der Waals surface area contributed by atoms with Crippen LogP contribution in [0.2, 0.25) is 0 Å². The van der Waals surface area contributed by atoms with Crippen LogP contribution in [-0.2, 0) is 27.9 Å². The fourth-order valence-corrected chi connectivity index (χ4v) is 11.7. The predicted molar refractivity (Wildman–Crippen MR) is 385 cm³/mol. The number of esters is 1. The van der Waals surface area contributed by atoms with E-state index >= 15 is 0 Å². The minimum Gasteiger partial charge on any atom is -0.756 e. The third kappa shape index (κ3) is 69.4. The number of nitrogens with one attached hydrogen (secondary N) is 1. The van der Waals surface area contributed by atoms with Gasteiger partial charge in [-0.3, -0.25) is 14.2 Å². The van der Waals surface area contributed by atoms with E-state index in [9.17, 15) is 19.0 Å². The number of phosphoric acid groups is 1. The van der Waals surface area contributed by atoms with E-state index in [0.29, 0.717) is 17.4 Å². The van der Waals surface area contributed by atoms with Gasteiger partial charge in [-0.1, -0.05) is 324 Å². The first kappa shape index (κ1) is 86.2. The van der Waals surface area contributed by atoms with E-state index < -0.39 is 20.0 Å². The van der Waals surface area contributed by atoms with Gasteiger partial charge in [0.25, 0.3) is 7.82 Å². The van der Waals surface area contributed by atoms with Crippen LogP contribution in [-0.4, -0.2) is 69.4 Å². The van der Waals surface area contributed by atoms with Crippen LogP contribution < -0.4 is 10.2 Å². The van der Waals surface area contributed by atoms with Crippen molar-refractivity contribution < 1.29 is 37.3 Å². The Hall–Kier alpha value is -2.81. The molecule has 0 saturated heterocycles. The second kappa shape index (κ2) is 68.1. The number of quaternary nitrogens is 1. The summed E-state index contributed by atoms with van der Waals surface area (Å²) < 4.78 is 30.5. The van der Waals surface area contributed by atoms with E-state index in [1.807, 2.05) is 33.3 Å². The molecule has 89 heavy (non-hydrogen) atoms. The first-order valence-electron chi connectivity index (χ1n) is 37.9. The van der Waals surface area contributed by atoms with Gasteiger partial charge in [-0.15, -0.1) is 0 Å². The lowest BCUT2D eigenvalue weighted by Crippen LogP contribution is -2.47. The molecule has 9 nitrogen and oxygen atoms in total. The molecule has 0 aromatic carbocycles. The predicted octanol–water partition coefficient (Wildman–Crippen LogP) is 23.8. The molecule has 0 aliphatic rings. The maximum Gasteiger partial charge on any atom is 0.306 e. The van der Waals surface area contributed by atoms with Crippen LogP contribution in [0.1, 0.15) is 355 Å². The third-order valence-electron chi connectivity index (χ3n) is 16.8. The van der Waals surface area contributed by atoms with Gasteiger partial charge in [0, 0.05) is 12.8 Å². The van der Waals surface area contributed by atoms with Gasteiger partial charge in [0.2, 0.25) is 5.91 Å². The zero-order chi connectivity index (χ0) is 64.9. The molecule has 3 atom stereocenters. The van der Waals surface area contributed by atoms with Crippen LogP contribution in [0.15, 0.2) is 85.1 Å². The second-order valence-corrected chi connectivity index (χ2v) is 28.2. The summed E-state index contributed by atoms with van der Waals surface area (Å²) in [6.45, 7) is 6.76. The van der Waals surface area contributed by atoms with Crippen molar-refractivity contribution in [3.05, 3.63) is 85.1 Å². The number of ether oxygens (including phenoxy) is 1. The smallest absolute Gasteiger partial charge is 0.306 e. The first-order chi connectivity index (χ1) is 43.4. The van der Waals surface area contributed by atoms with Crippen molar-refractivity contribution in [2.75, 3.05) is 40.9 Å². The van der Waals surface area contributed by atoms with Crippen molar-refractivity contribution >= 4 is 19.7 Å². The highest BCUT2D eigenvalue weighted by Crippen LogP contribution is 2.38. The number of hydrogen-bond acceptors (Lipinski definition) is 7. The molecule has 0 bridgehead atoms. The highest BCUT2D eigenvalue weighted by Gasteiger charge is 2.27. The normalized spacial score (nSPS) is 13.9. The van der Waals surface area contributed by atoms with Crippen LogP contribution in [0.4, 0.5) is 0 Å². The fraction of sp³-hybridized carbons (Fsp3) is 0.797. The molecule has 10 heteroatoms. The number of rotatable bonds is 69. The second-order valence-electron chi connectivity index (χ2n) is 26.8. The van der Waals surface area contributed by atoms with Gasteiger partial charge in [0.1, 0.15) is 19.3 Å². The molecule has 0 rings (SSSR count). The molecular formula is C79H145N2O7P. The van der Waals surface area contributed by atoms with E-state index in [4.69, 9.17) is 13.8 Å². The van der Waals surface area contributed by atoms with E-state index in [1.165, 1.54) is 218 Å². The maximum absolute atomic E-state index is 13.6. The van der Waals surface area contributed by atoms with Crippen LogP contribution in [0, 0.1) is 0 Å². The molecule has 1 amide bonds. The maximum atomic E-state index is 13.6. The molecule has 0 saturated carbocycles. The van der Waals surface area contributed by atoms with E-state index in [-0.39, 0.29) is 31.5 Å². The van der Waals surface area contributed by atoms with Crippen molar-refractivity contribution in [1.82, 2.24) is 5.32 Å². The van der Waals surface area contributed by atoms with Gasteiger partial charge in [-0.05, 0) is 102 Å². The highest BCUT2D eigenvalue weighted by molar-refractivity contribution is 7.45. The van der Waals surface area contributed by atoms with Crippen molar-refractivity contribution in [1.29, 1.82) is 0 Å². The van der Waals surface area contributed by atoms with Gasteiger partial charge in [-0.2, -0.15) is 0 Å². The lowest BCUT2D eigenvalue weighted by atomic mass is 10.0. The summed E-state index contributed by atoms with van der Waals surface area (Å²) in [5.74, 6) is -0.534. The lowest BCUT2D eigenvalue weighted by molar-refractivity contribution is -0.870. The highest BCUT2D eigenvalue weighted by atomic mass is 31.2. The summed E-state index contributed by atoms with van der Waals surface area (Å²) in [6, 6.07) is -0.893. The molecule has 0 aliphatic carbocycles. The van der Waals surface area contributed by atoms with E-state index in [0.717, 1.165) is 103 Å². The van der Waals surface area contributed by atoms with Gasteiger partial charge >= 0.3 is 5.97 Å². The SMILES string of the molecule is CC/C=C\C/C=C\C/C=C\C/C=C\C/C=C\CCCCCCCCCCCCCC(=O)NC(COP(=O)([O-])OCC[N+](C)(C)C)C(/C=C/CCCCCCCCCCC)OC(=O)CCCCCCCCCCCCCCCCC/C=C/CCCCCCCC. The Kier molecular flexibility index (Phi) is 65.9. The minimum absolute atomic E-state index is 0.0242. The summed E-state index contributed by atoms with van der Waals surface area (Å²) in [5, 5.41) is 3.05. The average molecular weight is 1270 g/mol. The quantitative estimate of drug-likeness (QED) is 0.0212. The van der Waals surface area contributed by atoms with Gasteiger partial charge in [0.05, 0.1) is 33.8 Å². The average Bonchev–Trinajstić information content (AvgIpc) is 3.70. The summed E-state index contributed by atoms with van der Waals surface area (Å²) >= 11 is 0. The van der Waals surface area contributed by atoms with Crippen molar-refractivity contribution in [3.8, 4) is 0 Å². The monoisotopic (exact) mass is 1270 g/mol. The Morgan fingerprint density at radius 3 is 1.09 bits per heavy atom. The van der Waals surface area contributed by atoms with Crippen LogP contribution in [0.3, 0.4) is 0 Å². The molecule has 518 valence electrons.